The molecule has 1 aliphatic rings. The number of hydrogen-bond acceptors (Lipinski definition) is 3. The van der Waals surface area contributed by atoms with E-state index in [4.69, 9.17) is 4.74 Å². The highest BCUT2D eigenvalue weighted by molar-refractivity contribution is 9.10. The van der Waals surface area contributed by atoms with Crippen LogP contribution in [0.3, 0.4) is 0 Å². The van der Waals surface area contributed by atoms with E-state index in [9.17, 15) is 5.11 Å². The van der Waals surface area contributed by atoms with Crippen molar-refractivity contribution < 1.29 is 9.84 Å². The zero-order valence-electron chi connectivity index (χ0n) is 12.7. The van der Waals surface area contributed by atoms with Gasteiger partial charge in [0.2, 0.25) is 0 Å². The first-order valence-corrected chi connectivity index (χ1v) is 8.11. The van der Waals surface area contributed by atoms with Gasteiger partial charge in [0.25, 0.3) is 0 Å². The largest absolute Gasteiger partial charge is 0.491 e. The monoisotopic (exact) mass is 377 g/mol. The molecule has 1 N–H and O–H groups in total. The maximum atomic E-state index is 10.1. The first-order chi connectivity index (χ1) is 9.52. The molecule has 0 saturated carbocycles. The maximum Gasteiger partial charge on any atom is 0.119 e. The molecule has 0 spiro atoms. The van der Waals surface area contributed by atoms with Gasteiger partial charge in [-0.05, 0) is 42.5 Å². The molecule has 3 unspecified atom stereocenters. The number of rotatable bonds is 5. The fourth-order valence-corrected chi connectivity index (χ4v) is 3.28. The predicted octanol–water partition coefficient (Wildman–Crippen LogP) is 3.59. The lowest BCUT2D eigenvalue weighted by molar-refractivity contribution is 0.0429. The van der Waals surface area contributed by atoms with Crippen molar-refractivity contribution in [1.82, 2.24) is 4.90 Å². The summed E-state index contributed by atoms with van der Waals surface area (Å²) in [5, 5.41) is 10.1. The van der Waals surface area contributed by atoms with Crippen molar-refractivity contribution in [2.45, 2.75) is 26.4 Å². The van der Waals surface area contributed by atoms with Crippen molar-refractivity contribution in [3.05, 3.63) is 28.7 Å². The van der Waals surface area contributed by atoms with Crippen LogP contribution >= 0.6 is 28.3 Å². The Morgan fingerprint density at radius 3 is 2.38 bits per heavy atom. The van der Waals surface area contributed by atoms with E-state index in [1.54, 1.807) is 0 Å². The van der Waals surface area contributed by atoms with Crippen molar-refractivity contribution in [1.29, 1.82) is 0 Å². The highest BCUT2D eigenvalue weighted by Crippen LogP contribution is 2.21. The molecule has 1 fully saturated rings. The van der Waals surface area contributed by atoms with Gasteiger partial charge < -0.3 is 14.7 Å². The SMILES string of the molecule is CC1CC(C)CN(CC(O)COc2ccc(Br)cc2)C1.Cl. The molecule has 0 amide bonds. The van der Waals surface area contributed by atoms with Gasteiger partial charge >= 0.3 is 0 Å². The number of halogens is 2. The molecule has 3 nitrogen and oxygen atoms in total. The fourth-order valence-electron chi connectivity index (χ4n) is 3.02. The highest BCUT2D eigenvalue weighted by Gasteiger charge is 2.23. The Morgan fingerprint density at radius 2 is 1.81 bits per heavy atom. The average Bonchev–Trinajstić information content (AvgIpc) is 2.37. The van der Waals surface area contributed by atoms with E-state index in [2.05, 4.69) is 34.7 Å². The van der Waals surface area contributed by atoms with Crippen LogP contribution in [0.15, 0.2) is 28.7 Å². The number of nitrogens with zero attached hydrogens (tertiary/aromatic N) is 1. The number of benzene rings is 1. The summed E-state index contributed by atoms with van der Waals surface area (Å²) in [7, 11) is 0. The quantitative estimate of drug-likeness (QED) is 0.850. The van der Waals surface area contributed by atoms with Crippen LogP contribution < -0.4 is 4.74 Å². The van der Waals surface area contributed by atoms with Gasteiger partial charge in [-0.1, -0.05) is 29.8 Å². The Bertz CT molecular complexity index is 405. The molecule has 5 heteroatoms. The molecule has 0 bridgehead atoms. The minimum absolute atomic E-state index is 0. The number of ether oxygens (including phenoxy) is 1. The summed E-state index contributed by atoms with van der Waals surface area (Å²) < 4.78 is 6.65. The van der Waals surface area contributed by atoms with Gasteiger partial charge in [0, 0.05) is 24.1 Å². The van der Waals surface area contributed by atoms with Crippen LogP contribution in [0.1, 0.15) is 20.3 Å². The number of aliphatic hydroxyl groups is 1. The lowest BCUT2D eigenvalue weighted by Crippen LogP contribution is -2.43. The van der Waals surface area contributed by atoms with Gasteiger partial charge in [-0.15, -0.1) is 12.4 Å². The summed E-state index contributed by atoms with van der Waals surface area (Å²) in [4.78, 5) is 2.36. The zero-order chi connectivity index (χ0) is 14.5. The normalized spacial score (nSPS) is 24.2. The number of β-amino-alcohol motifs (C(OH)–C–C–N with tert-alkyl or cyclic N) is 1. The minimum atomic E-state index is -0.434. The lowest BCUT2D eigenvalue weighted by atomic mass is 9.92. The second kappa shape index (κ2) is 8.99. The summed E-state index contributed by atoms with van der Waals surface area (Å²) in [6.07, 6.45) is 0.860. The molecule has 1 aromatic carbocycles. The molecule has 1 aliphatic heterocycles. The third-order valence-electron chi connectivity index (χ3n) is 3.67. The van der Waals surface area contributed by atoms with E-state index in [1.807, 2.05) is 24.3 Å². The van der Waals surface area contributed by atoms with Crippen molar-refractivity contribution in [2.75, 3.05) is 26.2 Å². The van der Waals surface area contributed by atoms with Crippen LogP contribution in [-0.2, 0) is 0 Å². The summed E-state index contributed by atoms with van der Waals surface area (Å²) in [6.45, 7) is 7.78. The van der Waals surface area contributed by atoms with Crippen LogP contribution in [0.5, 0.6) is 5.75 Å². The predicted molar refractivity (Wildman–Crippen MR) is 92.3 cm³/mol. The molecule has 0 aromatic heterocycles. The van der Waals surface area contributed by atoms with E-state index >= 15 is 0 Å². The summed E-state index contributed by atoms with van der Waals surface area (Å²) in [6, 6.07) is 7.69. The molecule has 3 atom stereocenters. The Hall–Kier alpha value is -0.290. The van der Waals surface area contributed by atoms with E-state index in [0.29, 0.717) is 13.2 Å². The molecular weight excluding hydrogens is 354 g/mol. The van der Waals surface area contributed by atoms with Crippen LogP contribution in [0.25, 0.3) is 0 Å². The van der Waals surface area contributed by atoms with Crippen LogP contribution in [0.2, 0.25) is 0 Å². The average molecular weight is 379 g/mol. The second-order valence-corrected chi connectivity index (χ2v) is 7.00. The van der Waals surface area contributed by atoms with Gasteiger partial charge in [0.05, 0.1) is 0 Å². The smallest absolute Gasteiger partial charge is 0.119 e. The first-order valence-electron chi connectivity index (χ1n) is 7.31. The Morgan fingerprint density at radius 1 is 1.24 bits per heavy atom. The Kier molecular flexibility index (Phi) is 8.03. The van der Waals surface area contributed by atoms with E-state index in [-0.39, 0.29) is 12.4 Å². The molecule has 0 radical (unpaired) electrons. The summed E-state index contributed by atoms with van der Waals surface area (Å²) in [5.41, 5.74) is 0. The van der Waals surface area contributed by atoms with E-state index in [1.165, 1.54) is 6.42 Å². The van der Waals surface area contributed by atoms with Gasteiger partial charge in [0.15, 0.2) is 0 Å². The van der Waals surface area contributed by atoms with E-state index < -0.39 is 6.10 Å². The third kappa shape index (κ3) is 6.55. The molecule has 1 heterocycles. The highest BCUT2D eigenvalue weighted by atomic mass is 79.9. The first kappa shape index (κ1) is 18.8. The fraction of sp³-hybridized carbons (Fsp3) is 0.625. The number of aliphatic hydroxyl groups excluding tert-OH is 1. The van der Waals surface area contributed by atoms with Crippen molar-refractivity contribution in [2.24, 2.45) is 11.8 Å². The number of piperidine rings is 1. The molecule has 1 saturated heterocycles. The topological polar surface area (TPSA) is 32.7 Å². The Balaban J connectivity index is 0.00000220. The summed E-state index contributed by atoms with van der Waals surface area (Å²) in [5.74, 6) is 2.24. The standard InChI is InChI=1S/C16H24BrNO2.ClH/c1-12-7-13(2)9-18(8-12)10-15(19)11-20-16-5-3-14(17)4-6-16;/h3-6,12-13,15,19H,7-11H2,1-2H3;1H. The van der Waals surface area contributed by atoms with Gasteiger partial charge in [-0.2, -0.15) is 0 Å². The molecular formula is C16H25BrClNO2. The van der Waals surface area contributed by atoms with Crippen molar-refractivity contribution in [3.63, 3.8) is 0 Å². The van der Waals surface area contributed by atoms with Crippen molar-refractivity contribution >= 4 is 28.3 Å². The third-order valence-corrected chi connectivity index (χ3v) is 4.20. The molecule has 2 rings (SSSR count). The number of hydrogen-bond donors (Lipinski definition) is 1. The molecule has 0 aliphatic carbocycles. The minimum Gasteiger partial charge on any atom is -0.491 e. The van der Waals surface area contributed by atoms with Gasteiger partial charge in [-0.25, -0.2) is 0 Å². The maximum absolute atomic E-state index is 10.1. The molecule has 1 aromatic rings. The van der Waals surface area contributed by atoms with Gasteiger partial charge in [-0.3, -0.25) is 0 Å². The van der Waals surface area contributed by atoms with Gasteiger partial charge in [0.1, 0.15) is 18.5 Å². The van der Waals surface area contributed by atoms with Crippen LogP contribution in [0.4, 0.5) is 0 Å². The Labute approximate surface area is 142 Å². The molecule has 120 valence electrons. The lowest BCUT2D eigenvalue weighted by Gasteiger charge is -2.35. The number of likely N-dealkylation sites (tertiary alicyclic amines) is 1. The van der Waals surface area contributed by atoms with Crippen LogP contribution in [-0.4, -0.2) is 42.4 Å². The molecule has 21 heavy (non-hydrogen) atoms. The van der Waals surface area contributed by atoms with E-state index in [0.717, 1.165) is 35.1 Å². The summed E-state index contributed by atoms with van der Waals surface area (Å²) >= 11 is 3.39. The van der Waals surface area contributed by atoms with Crippen LogP contribution in [0, 0.1) is 11.8 Å². The second-order valence-electron chi connectivity index (χ2n) is 6.08. The zero-order valence-corrected chi connectivity index (χ0v) is 15.1. The van der Waals surface area contributed by atoms with Crippen molar-refractivity contribution in [3.8, 4) is 5.75 Å².